The van der Waals surface area contributed by atoms with Crippen LogP contribution in [0.5, 0.6) is 0 Å². The second kappa shape index (κ2) is 4.47. The zero-order chi connectivity index (χ0) is 12.3. The van der Waals surface area contributed by atoms with Gasteiger partial charge in [-0.1, -0.05) is 26.8 Å². The lowest BCUT2D eigenvalue weighted by molar-refractivity contribution is -0.384. The van der Waals surface area contributed by atoms with E-state index in [4.69, 9.17) is 0 Å². The van der Waals surface area contributed by atoms with Gasteiger partial charge in [0.05, 0.1) is 4.92 Å². The Hall–Kier alpha value is -1.65. The predicted molar refractivity (Wildman–Crippen MR) is 61.0 cm³/mol. The minimum absolute atomic E-state index is 0.0394. The molecule has 16 heavy (non-hydrogen) atoms. The van der Waals surface area contributed by atoms with Gasteiger partial charge in [0.15, 0.2) is 5.82 Å². The number of halogens is 1. The number of para-hydroxylation sites is 1. The summed E-state index contributed by atoms with van der Waals surface area (Å²) in [6.07, 6.45) is 0. The first-order valence-corrected chi connectivity index (χ1v) is 4.98. The number of nitro benzene ring substituents is 1. The van der Waals surface area contributed by atoms with Crippen molar-refractivity contribution in [1.29, 1.82) is 0 Å². The Morgan fingerprint density at radius 2 is 2.06 bits per heavy atom. The Morgan fingerprint density at radius 3 is 2.56 bits per heavy atom. The normalized spacial score (nSPS) is 11.2. The zero-order valence-electron chi connectivity index (χ0n) is 9.58. The molecule has 88 valence electrons. The van der Waals surface area contributed by atoms with Crippen molar-refractivity contribution < 1.29 is 9.31 Å². The molecule has 0 spiro atoms. The summed E-state index contributed by atoms with van der Waals surface area (Å²) in [5.41, 5.74) is -0.345. The Balaban J connectivity index is 2.98. The van der Waals surface area contributed by atoms with Crippen LogP contribution in [0.4, 0.5) is 15.8 Å². The maximum atomic E-state index is 13.4. The van der Waals surface area contributed by atoms with Crippen LogP contribution < -0.4 is 5.32 Å². The highest BCUT2D eigenvalue weighted by Gasteiger charge is 2.19. The van der Waals surface area contributed by atoms with E-state index >= 15 is 0 Å². The topological polar surface area (TPSA) is 55.2 Å². The van der Waals surface area contributed by atoms with Crippen LogP contribution >= 0.6 is 0 Å². The quantitative estimate of drug-likeness (QED) is 0.636. The van der Waals surface area contributed by atoms with Gasteiger partial charge in [0.2, 0.25) is 0 Å². The number of nitro groups is 1. The maximum Gasteiger partial charge on any atom is 0.295 e. The third-order valence-corrected chi connectivity index (χ3v) is 1.98. The number of anilines is 1. The summed E-state index contributed by atoms with van der Waals surface area (Å²) in [4.78, 5) is 10.1. The van der Waals surface area contributed by atoms with E-state index < -0.39 is 10.7 Å². The van der Waals surface area contributed by atoms with E-state index in [-0.39, 0.29) is 16.8 Å². The van der Waals surface area contributed by atoms with Crippen molar-refractivity contribution >= 4 is 11.4 Å². The fraction of sp³-hybridized carbons (Fsp3) is 0.455. The van der Waals surface area contributed by atoms with E-state index in [1.807, 2.05) is 20.8 Å². The van der Waals surface area contributed by atoms with Crippen LogP contribution in [0.1, 0.15) is 20.8 Å². The third kappa shape index (κ3) is 3.18. The number of nitrogens with one attached hydrogen (secondary N) is 1. The first kappa shape index (κ1) is 12.4. The van der Waals surface area contributed by atoms with Gasteiger partial charge >= 0.3 is 0 Å². The molecule has 5 heteroatoms. The van der Waals surface area contributed by atoms with Crippen LogP contribution in [-0.2, 0) is 0 Å². The molecule has 0 saturated heterocycles. The summed E-state index contributed by atoms with van der Waals surface area (Å²) in [6, 6.07) is 3.82. The predicted octanol–water partition coefficient (Wildman–Crippen LogP) is 3.19. The van der Waals surface area contributed by atoms with Crippen LogP contribution in [0.25, 0.3) is 0 Å². The van der Waals surface area contributed by atoms with Gasteiger partial charge < -0.3 is 5.32 Å². The molecule has 0 unspecified atom stereocenters. The third-order valence-electron chi connectivity index (χ3n) is 1.98. The lowest BCUT2D eigenvalue weighted by atomic mass is 9.97. The molecule has 0 aliphatic carbocycles. The van der Waals surface area contributed by atoms with Crippen molar-refractivity contribution in [1.82, 2.24) is 0 Å². The molecule has 0 fully saturated rings. The summed E-state index contributed by atoms with van der Waals surface area (Å²) < 4.78 is 13.4. The van der Waals surface area contributed by atoms with Crippen LogP contribution in [0.3, 0.4) is 0 Å². The summed E-state index contributed by atoms with van der Waals surface area (Å²) in [7, 11) is 0. The first-order chi connectivity index (χ1) is 7.31. The number of rotatable bonds is 3. The molecular formula is C11H15FN2O2. The highest BCUT2D eigenvalue weighted by atomic mass is 19.1. The fourth-order valence-electron chi connectivity index (χ4n) is 1.19. The summed E-state index contributed by atoms with van der Waals surface area (Å²) in [5.74, 6) is -0.599. The monoisotopic (exact) mass is 226 g/mol. The number of hydrogen-bond donors (Lipinski definition) is 1. The number of hydrogen-bond acceptors (Lipinski definition) is 3. The SMILES string of the molecule is CC(C)(C)CNc1c(F)cccc1[N+](=O)[O-]. The number of nitrogens with zero attached hydrogens (tertiary/aromatic N) is 1. The molecule has 0 heterocycles. The van der Waals surface area contributed by atoms with Crippen LogP contribution in [0.15, 0.2) is 18.2 Å². The largest absolute Gasteiger partial charge is 0.377 e. The van der Waals surface area contributed by atoms with Crippen molar-refractivity contribution in [2.24, 2.45) is 5.41 Å². The van der Waals surface area contributed by atoms with Gasteiger partial charge in [-0.05, 0) is 11.5 Å². The highest BCUT2D eigenvalue weighted by Crippen LogP contribution is 2.28. The standard InChI is InChI=1S/C11H15FN2O2/c1-11(2,3)7-13-10-8(12)5-4-6-9(10)14(15)16/h4-6,13H,7H2,1-3H3. The van der Waals surface area contributed by atoms with E-state index in [1.54, 1.807) is 0 Å². The lowest BCUT2D eigenvalue weighted by Gasteiger charge is -2.19. The van der Waals surface area contributed by atoms with Gasteiger partial charge in [-0.25, -0.2) is 4.39 Å². The molecule has 4 nitrogen and oxygen atoms in total. The molecule has 0 aromatic heterocycles. The zero-order valence-corrected chi connectivity index (χ0v) is 9.58. The molecule has 1 N–H and O–H groups in total. The van der Waals surface area contributed by atoms with Crippen molar-refractivity contribution in [3.8, 4) is 0 Å². The van der Waals surface area contributed by atoms with Crippen LogP contribution in [0, 0.1) is 21.3 Å². The van der Waals surface area contributed by atoms with E-state index in [9.17, 15) is 14.5 Å². The molecule has 1 aromatic rings. The van der Waals surface area contributed by atoms with Gasteiger partial charge in [0.25, 0.3) is 5.69 Å². The molecule has 1 rings (SSSR count). The Kier molecular flexibility index (Phi) is 3.47. The molecule has 0 radical (unpaired) electrons. The first-order valence-electron chi connectivity index (χ1n) is 4.98. The summed E-state index contributed by atoms with van der Waals surface area (Å²) in [6.45, 7) is 6.36. The smallest absolute Gasteiger partial charge is 0.295 e. The molecule has 0 atom stereocenters. The molecular weight excluding hydrogens is 211 g/mol. The molecule has 0 aliphatic heterocycles. The van der Waals surface area contributed by atoms with Gasteiger partial charge in [-0.3, -0.25) is 10.1 Å². The van der Waals surface area contributed by atoms with Crippen molar-refractivity contribution in [3.05, 3.63) is 34.1 Å². The second-order valence-electron chi connectivity index (χ2n) is 4.81. The fourth-order valence-corrected chi connectivity index (χ4v) is 1.19. The Morgan fingerprint density at radius 1 is 1.44 bits per heavy atom. The minimum atomic E-state index is -0.599. The van der Waals surface area contributed by atoms with Crippen molar-refractivity contribution in [3.63, 3.8) is 0 Å². The molecule has 1 aromatic carbocycles. The molecule has 0 saturated carbocycles. The van der Waals surface area contributed by atoms with E-state index in [0.717, 1.165) is 0 Å². The van der Waals surface area contributed by atoms with E-state index in [2.05, 4.69) is 5.32 Å². The average Bonchev–Trinajstić information content (AvgIpc) is 2.13. The summed E-state index contributed by atoms with van der Waals surface area (Å²) >= 11 is 0. The summed E-state index contributed by atoms with van der Waals surface area (Å²) in [5, 5.41) is 13.5. The molecule has 0 bridgehead atoms. The lowest BCUT2D eigenvalue weighted by Crippen LogP contribution is -2.20. The van der Waals surface area contributed by atoms with Gasteiger partial charge in [-0.2, -0.15) is 0 Å². The maximum absolute atomic E-state index is 13.4. The average molecular weight is 226 g/mol. The van der Waals surface area contributed by atoms with Gasteiger partial charge in [0, 0.05) is 12.6 Å². The van der Waals surface area contributed by atoms with E-state index in [0.29, 0.717) is 6.54 Å². The minimum Gasteiger partial charge on any atom is -0.377 e. The van der Waals surface area contributed by atoms with Crippen molar-refractivity contribution in [2.75, 3.05) is 11.9 Å². The molecule has 0 amide bonds. The van der Waals surface area contributed by atoms with Crippen LogP contribution in [-0.4, -0.2) is 11.5 Å². The van der Waals surface area contributed by atoms with Crippen LogP contribution in [0.2, 0.25) is 0 Å². The highest BCUT2D eigenvalue weighted by molar-refractivity contribution is 5.62. The van der Waals surface area contributed by atoms with Gasteiger partial charge in [-0.15, -0.1) is 0 Å². The van der Waals surface area contributed by atoms with Crippen molar-refractivity contribution in [2.45, 2.75) is 20.8 Å². The van der Waals surface area contributed by atoms with Gasteiger partial charge in [0.1, 0.15) is 5.69 Å². The van der Waals surface area contributed by atoms with E-state index in [1.165, 1.54) is 18.2 Å². The second-order valence-corrected chi connectivity index (χ2v) is 4.81. The number of benzene rings is 1. The Labute approximate surface area is 93.6 Å². The Bertz CT molecular complexity index is 399. The molecule has 0 aliphatic rings.